The first kappa shape index (κ1) is 19.8. The van der Waals surface area contributed by atoms with Crippen LogP contribution in [0.4, 0.5) is 18.9 Å². The van der Waals surface area contributed by atoms with Gasteiger partial charge in [-0.15, -0.1) is 0 Å². The molecule has 2 aromatic rings. The van der Waals surface area contributed by atoms with Crippen LogP contribution in [-0.2, 0) is 4.79 Å². The SMILES string of the molecule is CCOc1cc(/C=C/C(=O)Nc2ccc(F)cc2Br)ccc1OC(F)F. The van der Waals surface area contributed by atoms with Crippen LogP contribution >= 0.6 is 15.9 Å². The van der Waals surface area contributed by atoms with E-state index >= 15 is 0 Å². The van der Waals surface area contributed by atoms with Gasteiger partial charge in [0.05, 0.1) is 12.3 Å². The van der Waals surface area contributed by atoms with Gasteiger partial charge in [0.25, 0.3) is 0 Å². The third-order valence-corrected chi connectivity index (χ3v) is 3.76. The summed E-state index contributed by atoms with van der Waals surface area (Å²) < 4.78 is 47.9. The van der Waals surface area contributed by atoms with Crippen LogP contribution in [0, 0.1) is 5.82 Å². The average molecular weight is 430 g/mol. The van der Waals surface area contributed by atoms with E-state index in [-0.39, 0.29) is 18.1 Å². The molecule has 0 aliphatic carbocycles. The van der Waals surface area contributed by atoms with Crippen LogP contribution in [-0.4, -0.2) is 19.1 Å². The molecule has 0 saturated carbocycles. The van der Waals surface area contributed by atoms with Crippen molar-refractivity contribution in [1.82, 2.24) is 0 Å². The molecule has 0 heterocycles. The van der Waals surface area contributed by atoms with Gasteiger partial charge >= 0.3 is 6.61 Å². The first-order valence-corrected chi connectivity index (χ1v) is 8.34. The van der Waals surface area contributed by atoms with Gasteiger partial charge in [0, 0.05) is 10.5 Å². The van der Waals surface area contributed by atoms with Gasteiger partial charge in [-0.25, -0.2) is 4.39 Å². The van der Waals surface area contributed by atoms with Crippen LogP contribution in [0.1, 0.15) is 12.5 Å². The summed E-state index contributed by atoms with van der Waals surface area (Å²) in [5.74, 6) is -0.807. The van der Waals surface area contributed by atoms with Gasteiger partial charge in [0.15, 0.2) is 11.5 Å². The highest BCUT2D eigenvalue weighted by Gasteiger charge is 2.11. The molecule has 2 rings (SSSR count). The molecule has 8 heteroatoms. The molecule has 0 aromatic heterocycles. The average Bonchev–Trinajstić information content (AvgIpc) is 2.57. The van der Waals surface area contributed by atoms with Gasteiger partial charge in [0.1, 0.15) is 5.82 Å². The second-order valence-corrected chi connectivity index (χ2v) is 5.82. The van der Waals surface area contributed by atoms with E-state index in [1.807, 2.05) is 0 Å². The molecular weight excluding hydrogens is 415 g/mol. The van der Waals surface area contributed by atoms with Gasteiger partial charge in [0.2, 0.25) is 5.91 Å². The summed E-state index contributed by atoms with van der Waals surface area (Å²) in [5.41, 5.74) is 0.972. The van der Waals surface area contributed by atoms with Crippen molar-refractivity contribution in [3.05, 3.63) is 58.3 Å². The van der Waals surface area contributed by atoms with Crippen molar-refractivity contribution < 1.29 is 27.4 Å². The Balaban J connectivity index is 2.10. The summed E-state index contributed by atoms with van der Waals surface area (Å²) in [5, 5.41) is 2.59. The Morgan fingerprint density at radius 3 is 2.65 bits per heavy atom. The molecule has 0 saturated heterocycles. The predicted octanol–water partition coefficient (Wildman–Crippen LogP) is 5.24. The number of ether oxygens (including phenoxy) is 2. The van der Waals surface area contributed by atoms with Gasteiger partial charge in [-0.2, -0.15) is 8.78 Å². The van der Waals surface area contributed by atoms with E-state index in [0.717, 1.165) is 0 Å². The third-order valence-electron chi connectivity index (χ3n) is 3.10. The fraction of sp³-hybridized carbons (Fsp3) is 0.167. The van der Waals surface area contributed by atoms with Gasteiger partial charge < -0.3 is 14.8 Å². The van der Waals surface area contributed by atoms with E-state index in [4.69, 9.17) is 4.74 Å². The predicted molar refractivity (Wildman–Crippen MR) is 96.0 cm³/mol. The Labute approximate surface area is 156 Å². The fourth-order valence-corrected chi connectivity index (χ4v) is 2.48. The number of carbonyl (C=O) groups is 1. The van der Waals surface area contributed by atoms with Crippen molar-refractivity contribution in [2.45, 2.75) is 13.5 Å². The molecule has 0 bridgehead atoms. The molecule has 0 radical (unpaired) electrons. The minimum Gasteiger partial charge on any atom is -0.490 e. The van der Waals surface area contributed by atoms with E-state index in [1.54, 1.807) is 6.92 Å². The van der Waals surface area contributed by atoms with Gasteiger partial charge in [-0.05, 0) is 64.8 Å². The first-order chi connectivity index (χ1) is 12.4. The molecule has 2 aromatic carbocycles. The topological polar surface area (TPSA) is 47.6 Å². The van der Waals surface area contributed by atoms with Crippen molar-refractivity contribution in [3.63, 3.8) is 0 Å². The Morgan fingerprint density at radius 2 is 2.00 bits per heavy atom. The van der Waals surface area contributed by atoms with Gasteiger partial charge in [-0.1, -0.05) is 6.07 Å². The zero-order valence-corrected chi connectivity index (χ0v) is 15.2. The Morgan fingerprint density at radius 1 is 1.23 bits per heavy atom. The monoisotopic (exact) mass is 429 g/mol. The number of nitrogens with one attached hydrogen (secondary N) is 1. The van der Waals surface area contributed by atoms with Crippen molar-refractivity contribution in [2.75, 3.05) is 11.9 Å². The highest BCUT2D eigenvalue weighted by atomic mass is 79.9. The summed E-state index contributed by atoms with van der Waals surface area (Å²) >= 11 is 3.16. The Bertz CT molecular complexity index is 812. The molecule has 0 atom stereocenters. The van der Waals surface area contributed by atoms with E-state index in [9.17, 15) is 18.0 Å². The maximum absolute atomic E-state index is 13.0. The van der Waals surface area contributed by atoms with E-state index in [1.165, 1.54) is 48.6 Å². The number of amides is 1. The quantitative estimate of drug-likeness (QED) is 0.612. The summed E-state index contributed by atoms with van der Waals surface area (Å²) in [6, 6.07) is 8.21. The van der Waals surface area contributed by atoms with Crippen LogP contribution in [0.15, 0.2) is 46.9 Å². The number of halogens is 4. The highest BCUT2D eigenvalue weighted by Crippen LogP contribution is 2.30. The maximum Gasteiger partial charge on any atom is 0.387 e. The van der Waals surface area contributed by atoms with E-state index < -0.39 is 18.3 Å². The van der Waals surface area contributed by atoms with Crippen molar-refractivity contribution in [3.8, 4) is 11.5 Å². The van der Waals surface area contributed by atoms with Crippen LogP contribution in [0.5, 0.6) is 11.5 Å². The fourth-order valence-electron chi connectivity index (χ4n) is 2.03. The number of alkyl halides is 2. The molecule has 0 unspecified atom stereocenters. The lowest BCUT2D eigenvalue weighted by Gasteiger charge is -2.11. The summed E-state index contributed by atoms with van der Waals surface area (Å²) in [7, 11) is 0. The zero-order chi connectivity index (χ0) is 19.1. The van der Waals surface area contributed by atoms with Crippen LogP contribution in [0.2, 0.25) is 0 Å². The number of hydrogen-bond acceptors (Lipinski definition) is 3. The lowest BCUT2D eigenvalue weighted by Crippen LogP contribution is -2.08. The van der Waals surface area contributed by atoms with Crippen molar-refractivity contribution >= 4 is 33.6 Å². The van der Waals surface area contributed by atoms with E-state index in [2.05, 4.69) is 26.0 Å². The second kappa shape index (κ2) is 9.28. The number of benzene rings is 2. The van der Waals surface area contributed by atoms with Crippen LogP contribution in [0.3, 0.4) is 0 Å². The number of rotatable bonds is 7. The van der Waals surface area contributed by atoms with Crippen LogP contribution < -0.4 is 14.8 Å². The first-order valence-electron chi connectivity index (χ1n) is 7.55. The third kappa shape index (κ3) is 5.80. The molecule has 26 heavy (non-hydrogen) atoms. The lowest BCUT2D eigenvalue weighted by molar-refractivity contribution is -0.111. The molecule has 1 N–H and O–H groups in total. The molecule has 4 nitrogen and oxygen atoms in total. The Kier molecular flexibility index (Phi) is 7.08. The standard InChI is InChI=1S/C18H15BrF3NO3/c1-2-25-16-9-11(3-7-15(16)26-18(21)22)4-8-17(24)23-14-6-5-12(20)10-13(14)19/h3-10,18H,2H2,1H3,(H,23,24)/b8-4+. The molecule has 0 aliphatic heterocycles. The zero-order valence-electron chi connectivity index (χ0n) is 13.6. The molecule has 0 aliphatic rings. The summed E-state index contributed by atoms with van der Waals surface area (Å²) in [4.78, 5) is 12.0. The maximum atomic E-state index is 13.0. The smallest absolute Gasteiger partial charge is 0.387 e. The molecular formula is C18H15BrF3NO3. The van der Waals surface area contributed by atoms with E-state index in [0.29, 0.717) is 15.7 Å². The minimum absolute atomic E-state index is 0.0845. The second-order valence-electron chi connectivity index (χ2n) is 4.96. The minimum atomic E-state index is -2.96. The number of anilines is 1. The van der Waals surface area contributed by atoms with Crippen molar-refractivity contribution in [2.24, 2.45) is 0 Å². The van der Waals surface area contributed by atoms with Crippen LogP contribution in [0.25, 0.3) is 6.08 Å². The summed E-state index contributed by atoms with van der Waals surface area (Å²) in [6.45, 7) is -0.982. The molecule has 0 fully saturated rings. The molecule has 0 spiro atoms. The Hall–Kier alpha value is -2.48. The number of carbonyl (C=O) groups excluding carboxylic acids is 1. The lowest BCUT2D eigenvalue weighted by atomic mass is 10.2. The highest BCUT2D eigenvalue weighted by molar-refractivity contribution is 9.10. The molecule has 1 amide bonds. The normalized spacial score (nSPS) is 11.0. The summed E-state index contributed by atoms with van der Waals surface area (Å²) in [6.07, 6.45) is 2.75. The van der Waals surface area contributed by atoms with Gasteiger partial charge in [-0.3, -0.25) is 4.79 Å². The number of hydrogen-bond donors (Lipinski definition) is 1. The molecule has 138 valence electrons. The largest absolute Gasteiger partial charge is 0.490 e. The van der Waals surface area contributed by atoms with Crippen molar-refractivity contribution in [1.29, 1.82) is 0 Å².